The van der Waals surface area contributed by atoms with Gasteiger partial charge in [-0.3, -0.25) is 0 Å². The van der Waals surface area contributed by atoms with Crippen LogP contribution in [0.15, 0.2) is 0 Å². The summed E-state index contributed by atoms with van der Waals surface area (Å²) in [5.41, 5.74) is 0. The molecule has 0 atom stereocenters. The van der Waals surface area contributed by atoms with Crippen molar-refractivity contribution in [1.82, 2.24) is 0 Å². The quantitative estimate of drug-likeness (QED) is 0.315. The molecule has 0 saturated heterocycles. The molecule has 0 aliphatic rings. The highest BCUT2D eigenvalue weighted by atomic mass is 35.5. The number of rotatable bonds is 12. The molecule has 0 amide bonds. The molecule has 0 saturated carbocycles. The van der Waals surface area contributed by atoms with E-state index in [0.29, 0.717) is 0 Å². The van der Waals surface area contributed by atoms with E-state index in [9.17, 15) is 0 Å². The van der Waals surface area contributed by atoms with E-state index in [1.165, 1.54) is 89.9 Å². The lowest BCUT2D eigenvalue weighted by Crippen LogP contribution is -1.76. The number of unbranched alkanes of at least 4 members (excludes halogenated alkanes) is 12. The Kier molecular flexibility index (Phi) is 45.6. The van der Waals surface area contributed by atoms with Gasteiger partial charge in [0, 0.05) is 0 Å². The first kappa shape index (κ1) is 28.7. The summed E-state index contributed by atoms with van der Waals surface area (Å²) in [6, 6.07) is 0. The van der Waals surface area contributed by atoms with Gasteiger partial charge in [0.25, 0.3) is 0 Å². The van der Waals surface area contributed by atoms with Crippen molar-refractivity contribution < 1.29 is 0 Å². The minimum absolute atomic E-state index is 0. The fourth-order valence-corrected chi connectivity index (χ4v) is 2.06. The van der Waals surface area contributed by atoms with E-state index in [1.54, 1.807) is 0 Å². The molecule has 0 radical (unpaired) electrons. The van der Waals surface area contributed by atoms with Gasteiger partial charge in [0.05, 0.1) is 0 Å². The van der Waals surface area contributed by atoms with Crippen molar-refractivity contribution in [3.63, 3.8) is 0 Å². The average Bonchev–Trinajstić information content (AvgIpc) is 2.39. The molecule has 0 fully saturated rings. The highest BCUT2D eigenvalue weighted by Gasteiger charge is 1.86. The Bertz CT molecular complexity index is 90.0. The molecule has 0 aliphatic carbocycles. The van der Waals surface area contributed by atoms with Crippen LogP contribution in [-0.2, 0) is 0 Å². The maximum atomic E-state index is 2.26. The van der Waals surface area contributed by atoms with Crippen molar-refractivity contribution in [1.29, 1.82) is 0 Å². The van der Waals surface area contributed by atoms with E-state index in [-0.39, 0.29) is 24.8 Å². The second kappa shape index (κ2) is 31.8. The largest absolute Gasteiger partial charge is 0.147 e. The van der Waals surface area contributed by atoms with Crippen LogP contribution in [0, 0.1) is 0 Å². The second-order valence-electron chi connectivity index (χ2n) is 5.54. The van der Waals surface area contributed by atoms with E-state index in [1.807, 2.05) is 0 Å². The van der Waals surface area contributed by atoms with Gasteiger partial charge in [0.2, 0.25) is 0 Å². The van der Waals surface area contributed by atoms with Gasteiger partial charge in [-0.2, -0.15) is 0 Å². The zero-order valence-electron chi connectivity index (χ0n) is 14.7. The van der Waals surface area contributed by atoms with Gasteiger partial charge in [0.15, 0.2) is 0 Å². The molecule has 0 rings (SSSR count). The van der Waals surface area contributed by atoms with E-state index < -0.39 is 0 Å². The maximum absolute atomic E-state index is 2.26. The van der Waals surface area contributed by atoms with Crippen molar-refractivity contribution in [3.05, 3.63) is 0 Å². The van der Waals surface area contributed by atoms with Crippen LogP contribution in [0.3, 0.4) is 0 Å². The third kappa shape index (κ3) is 36.3. The maximum Gasteiger partial charge on any atom is -0.0533 e. The van der Waals surface area contributed by atoms with Crippen molar-refractivity contribution in [2.24, 2.45) is 0 Å². The lowest BCUT2D eigenvalue weighted by molar-refractivity contribution is 0.602. The SMILES string of the molecule is CCCCCCCCC.CCCCCCCCC.Cl.Cl. The molecule has 128 valence electrons. The Labute approximate surface area is 142 Å². The Morgan fingerprint density at radius 2 is 0.450 bits per heavy atom. The summed E-state index contributed by atoms with van der Waals surface area (Å²) < 4.78 is 0. The van der Waals surface area contributed by atoms with Gasteiger partial charge >= 0.3 is 0 Å². The Hall–Kier alpha value is 0.580. The average molecular weight is 329 g/mol. The third-order valence-corrected chi connectivity index (χ3v) is 3.41. The topological polar surface area (TPSA) is 0 Å². The van der Waals surface area contributed by atoms with Crippen LogP contribution < -0.4 is 0 Å². The summed E-state index contributed by atoms with van der Waals surface area (Å²) in [7, 11) is 0. The second-order valence-corrected chi connectivity index (χ2v) is 5.54. The predicted molar refractivity (Wildman–Crippen MR) is 102 cm³/mol. The molecule has 0 heterocycles. The minimum atomic E-state index is 0. The van der Waals surface area contributed by atoms with Gasteiger partial charge in [-0.05, 0) is 0 Å². The van der Waals surface area contributed by atoms with E-state index in [2.05, 4.69) is 27.7 Å². The Morgan fingerprint density at radius 3 is 0.600 bits per heavy atom. The van der Waals surface area contributed by atoms with Crippen LogP contribution in [-0.4, -0.2) is 0 Å². The van der Waals surface area contributed by atoms with Crippen molar-refractivity contribution >= 4 is 24.8 Å². The van der Waals surface area contributed by atoms with Gasteiger partial charge in [-0.25, -0.2) is 0 Å². The highest BCUT2D eigenvalue weighted by molar-refractivity contribution is 5.85. The fourth-order valence-electron chi connectivity index (χ4n) is 2.06. The van der Waals surface area contributed by atoms with Crippen LogP contribution in [0.1, 0.15) is 118 Å². The zero-order valence-corrected chi connectivity index (χ0v) is 16.3. The lowest BCUT2D eigenvalue weighted by Gasteiger charge is -1.96. The molecule has 2 heteroatoms. The molecule has 0 spiro atoms. The highest BCUT2D eigenvalue weighted by Crippen LogP contribution is 2.06. The summed E-state index contributed by atoms with van der Waals surface area (Å²) in [4.78, 5) is 0. The minimum Gasteiger partial charge on any atom is -0.147 e. The summed E-state index contributed by atoms with van der Waals surface area (Å²) in [6.45, 7) is 9.05. The zero-order chi connectivity index (χ0) is 13.9. The van der Waals surface area contributed by atoms with Crippen molar-refractivity contribution in [3.8, 4) is 0 Å². The first-order chi connectivity index (χ1) is 8.83. The smallest absolute Gasteiger partial charge is 0.0533 e. The summed E-state index contributed by atoms with van der Waals surface area (Å²) in [6.07, 6.45) is 19.9. The van der Waals surface area contributed by atoms with Crippen LogP contribution in [0.25, 0.3) is 0 Å². The van der Waals surface area contributed by atoms with Crippen LogP contribution in [0.5, 0.6) is 0 Å². The third-order valence-electron chi connectivity index (χ3n) is 3.41. The predicted octanol–water partition coefficient (Wildman–Crippen LogP) is 8.36. The van der Waals surface area contributed by atoms with Crippen LogP contribution in [0.2, 0.25) is 0 Å². The first-order valence-electron chi connectivity index (χ1n) is 8.83. The molecule has 0 aliphatic heterocycles. The molecule has 0 unspecified atom stereocenters. The molecular formula is C18H42Cl2. The van der Waals surface area contributed by atoms with Gasteiger partial charge in [0.1, 0.15) is 0 Å². The van der Waals surface area contributed by atoms with Crippen molar-refractivity contribution in [2.75, 3.05) is 0 Å². The van der Waals surface area contributed by atoms with E-state index in [4.69, 9.17) is 0 Å². The molecule has 0 bridgehead atoms. The molecule has 0 N–H and O–H groups in total. The van der Waals surface area contributed by atoms with Crippen LogP contribution in [0.4, 0.5) is 0 Å². The van der Waals surface area contributed by atoms with Gasteiger partial charge in [-0.1, -0.05) is 118 Å². The van der Waals surface area contributed by atoms with E-state index in [0.717, 1.165) is 0 Å². The Balaban J connectivity index is -0.000000116. The monoisotopic (exact) mass is 328 g/mol. The van der Waals surface area contributed by atoms with Crippen LogP contribution >= 0.6 is 24.8 Å². The first-order valence-corrected chi connectivity index (χ1v) is 8.83. The van der Waals surface area contributed by atoms with Gasteiger partial charge in [-0.15, -0.1) is 24.8 Å². The van der Waals surface area contributed by atoms with Gasteiger partial charge < -0.3 is 0 Å². The fraction of sp³-hybridized carbons (Fsp3) is 1.00. The molecule has 0 nitrogen and oxygen atoms in total. The normalized spacial score (nSPS) is 9.00. The number of hydrogen-bond donors (Lipinski definition) is 0. The Morgan fingerprint density at radius 1 is 0.300 bits per heavy atom. The molecule has 0 aromatic carbocycles. The molecule has 0 aromatic heterocycles. The molecular weight excluding hydrogens is 287 g/mol. The number of hydrogen-bond acceptors (Lipinski definition) is 0. The van der Waals surface area contributed by atoms with E-state index >= 15 is 0 Å². The lowest BCUT2D eigenvalue weighted by atomic mass is 10.1. The summed E-state index contributed by atoms with van der Waals surface area (Å²) in [5, 5.41) is 0. The summed E-state index contributed by atoms with van der Waals surface area (Å²) >= 11 is 0. The van der Waals surface area contributed by atoms with Crippen molar-refractivity contribution in [2.45, 2.75) is 118 Å². The summed E-state index contributed by atoms with van der Waals surface area (Å²) in [5.74, 6) is 0. The standard InChI is InChI=1S/2C9H20.2ClH/c2*1-3-5-7-9-8-6-4-2;;/h2*3-9H2,1-2H3;2*1H. The number of halogens is 2. The molecule has 0 aromatic rings. The molecule has 20 heavy (non-hydrogen) atoms.